The molecule has 0 N–H and O–H groups in total. The molecule has 1 aromatic carbocycles. The first kappa shape index (κ1) is 23.0. The molecule has 0 fully saturated rings. The first-order valence-corrected chi connectivity index (χ1v) is 10.5. The first-order valence-electron chi connectivity index (χ1n) is 10.5. The number of aromatic nitrogens is 6. The zero-order valence-electron chi connectivity index (χ0n) is 18.0. The minimum absolute atomic E-state index is 0. The molecular formula is C27H19CuN6. The third-order valence-electron chi connectivity index (χ3n) is 5.03. The van der Waals surface area contributed by atoms with Crippen molar-refractivity contribution < 1.29 is 17.1 Å². The minimum atomic E-state index is 0. The van der Waals surface area contributed by atoms with Gasteiger partial charge in [-0.3, -0.25) is 15.0 Å². The summed E-state index contributed by atoms with van der Waals surface area (Å²) in [6.07, 6.45) is 8.81. The van der Waals surface area contributed by atoms with E-state index in [1.807, 2.05) is 85.2 Å². The summed E-state index contributed by atoms with van der Waals surface area (Å²) in [4.78, 5) is 17.3. The van der Waals surface area contributed by atoms with Gasteiger partial charge in [-0.25, -0.2) is 0 Å². The number of fused-ring (bicyclic) bond motifs is 1. The van der Waals surface area contributed by atoms with Crippen molar-refractivity contribution in [2.75, 3.05) is 0 Å². The largest absolute Gasteiger partial charge is 1.00 e. The van der Waals surface area contributed by atoms with Gasteiger partial charge in [0.15, 0.2) is 0 Å². The maximum atomic E-state index is 4.41. The Balaban J connectivity index is 0.000000159. The van der Waals surface area contributed by atoms with Crippen molar-refractivity contribution in [1.29, 1.82) is 0 Å². The molecule has 168 valence electrons. The Morgan fingerprint density at radius 1 is 0.559 bits per heavy atom. The van der Waals surface area contributed by atoms with Crippen LogP contribution in [0.5, 0.6) is 0 Å². The number of rotatable bonds is 3. The third kappa shape index (κ3) is 5.07. The van der Waals surface area contributed by atoms with E-state index in [0.29, 0.717) is 0 Å². The van der Waals surface area contributed by atoms with Crippen LogP contribution in [0.3, 0.4) is 0 Å². The topological polar surface area (TPSA) is 78.5 Å². The Kier molecular flexibility index (Phi) is 7.50. The molecule has 5 aromatic heterocycles. The van der Waals surface area contributed by atoms with Crippen molar-refractivity contribution in [2.45, 2.75) is 0 Å². The van der Waals surface area contributed by atoms with Gasteiger partial charge in [0.05, 0.1) is 29.0 Å². The van der Waals surface area contributed by atoms with E-state index in [-0.39, 0.29) is 17.1 Å². The minimum Gasteiger partial charge on any atom is -0.662 e. The van der Waals surface area contributed by atoms with Crippen molar-refractivity contribution in [1.82, 2.24) is 30.1 Å². The molecule has 0 bridgehead atoms. The van der Waals surface area contributed by atoms with Gasteiger partial charge in [-0.05, 0) is 41.8 Å². The normalized spacial score (nSPS) is 10.1. The van der Waals surface area contributed by atoms with E-state index in [4.69, 9.17) is 0 Å². The van der Waals surface area contributed by atoms with Gasteiger partial charge in [-0.15, -0.1) is 0 Å². The van der Waals surface area contributed by atoms with Gasteiger partial charge in [0.2, 0.25) is 0 Å². The number of pyridine rings is 3. The van der Waals surface area contributed by atoms with Crippen molar-refractivity contribution in [3.05, 3.63) is 116 Å². The number of nitrogens with zero attached hydrogens (tertiary/aromatic N) is 6. The van der Waals surface area contributed by atoms with Crippen LogP contribution >= 0.6 is 0 Å². The van der Waals surface area contributed by atoms with E-state index >= 15 is 0 Å². The Labute approximate surface area is 207 Å². The molecule has 6 rings (SSSR count). The molecule has 34 heavy (non-hydrogen) atoms. The Morgan fingerprint density at radius 3 is 1.62 bits per heavy atom. The molecule has 5 heterocycles. The van der Waals surface area contributed by atoms with Crippen LogP contribution in [0.1, 0.15) is 0 Å². The summed E-state index contributed by atoms with van der Waals surface area (Å²) in [6, 6.07) is 27.7. The second-order valence-electron chi connectivity index (χ2n) is 7.13. The van der Waals surface area contributed by atoms with Crippen molar-refractivity contribution >= 4 is 10.9 Å². The van der Waals surface area contributed by atoms with Crippen LogP contribution in [0.25, 0.3) is 44.8 Å². The molecule has 0 saturated carbocycles. The van der Waals surface area contributed by atoms with Crippen LogP contribution in [-0.4, -0.2) is 25.1 Å². The summed E-state index contributed by atoms with van der Waals surface area (Å²) < 4.78 is 0. The van der Waals surface area contributed by atoms with E-state index in [0.717, 1.165) is 44.8 Å². The molecular weight excluding hydrogens is 472 g/mol. The average Bonchev–Trinajstić information content (AvgIpc) is 3.40. The molecule has 6 aromatic rings. The fourth-order valence-corrected chi connectivity index (χ4v) is 3.49. The van der Waals surface area contributed by atoms with Gasteiger partial charge in [0.25, 0.3) is 0 Å². The van der Waals surface area contributed by atoms with Crippen LogP contribution < -0.4 is 4.98 Å². The van der Waals surface area contributed by atoms with E-state index < -0.39 is 0 Å². The van der Waals surface area contributed by atoms with Crippen LogP contribution in [0.2, 0.25) is 0 Å². The number of hydrogen-bond acceptors (Lipinski definition) is 5. The van der Waals surface area contributed by atoms with Crippen LogP contribution in [-0.2, 0) is 17.1 Å². The van der Waals surface area contributed by atoms with Crippen LogP contribution in [0.15, 0.2) is 116 Å². The molecule has 0 saturated heterocycles. The molecule has 0 amide bonds. The molecule has 0 aliphatic carbocycles. The van der Waals surface area contributed by atoms with Gasteiger partial charge >= 0.3 is 17.1 Å². The Morgan fingerprint density at radius 2 is 1.09 bits per heavy atom. The molecule has 0 aliphatic heterocycles. The van der Waals surface area contributed by atoms with Gasteiger partial charge in [-0.1, -0.05) is 54.0 Å². The first-order chi connectivity index (χ1) is 16.4. The van der Waals surface area contributed by atoms with Gasteiger partial charge in [0.1, 0.15) is 0 Å². The predicted molar refractivity (Wildman–Crippen MR) is 129 cm³/mol. The molecule has 6 nitrogen and oxygen atoms in total. The summed E-state index contributed by atoms with van der Waals surface area (Å²) in [5.74, 6) is 0. The molecule has 0 atom stereocenters. The van der Waals surface area contributed by atoms with E-state index in [2.05, 4.69) is 42.3 Å². The maximum absolute atomic E-state index is 4.41. The average molecular weight is 491 g/mol. The summed E-state index contributed by atoms with van der Waals surface area (Å²) in [5.41, 5.74) is 6.54. The number of hydrogen-bond donors (Lipinski definition) is 0. The summed E-state index contributed by atoms with van der Waals surface area (Å²) in [6.45, 7) is 0. The summed E-state index contributed by atoms with van der Waals surface area (Å²) in [7, 11) is 0. The summed E-state index contributed by atoms with van der Waals surface area (Å²) in [5, 5.41) is 9.00. The second kappa shape index (κ2) is 11.1. The van der Waals surface area contributed by atoms with E-state index in [9.17, 15) is 0 Å². The van der Waals surface area contributed by atoms with Gasteiger partial charge < -0.3 is 4.98 Å². The van der Waals surface area contributed by atoms with E-state index in [1.54, 1.807) is 18.6 Å². The van der Waals surface area contributed by atoms with E-state index in [1.165, 1.54) is 0 Å². The zero-order chi connectivity index (χ0) is 22.3. The third-order valence-corrected chi connectivity index (χ3v) is 5.03. The van der Waals surface area contributed by atoms with Crippen molar-refractivity contribution in [3.8, 4) is 33.9 Å². The monoisotopic (exact) mass is 490 g/mol. The Hall–Kier alpha value is -4.19. The fourth-order valence-electron chi connectivity index (χ4n) is 3.49. The van der Waals surface area contributed by atoms with Crippen LogP contribution in [0, 0.1) is 0 Å². The SMILES string of the molecule is [Cu+].c1ccc(-c2ccccc2-c2ccccn2)nc1.c1ccc(-c2nncc3cc[n-]c23)nc1. The smallest absolute Gasteiger partial charge is 0.662 e. The quantitative estimate of drug-likeness (QED) is 0.306. The fraction of sp³-hybridized carbons (Fsp3) is 0. The Bertz CT molecular complexity index is 1400. The zero-order valence-corrected chi connectivity index (χ0v) is 18.9. The van der Waals surface area contributed by atoms with Crippen LogP contribution in [0.4, 0.5) is 0 Å². The van der Waals surface area contributed by atoms with Gasteiger partial charge in [0, 0.05) is 29.7 Å². The maximum Gasteiger partial charge on any atom is 1.00 e. The molecule has 7 heteroatoms. The second-order valence-corrected chi connectivity index (χ2v) is 7.13. The standard InChI is InChI=1S/C16H12N2.C11H7N4.Cu/c1-2-8-14(16-10-4-6-12-18-16)13(7-1)15-9-3-5-11-17-15;1-2-5-12-9(3-1)11-10-8(4-6-13-10)7-14-15-11;/h1-12H;1-7H;/q;-1;+1. The molecule has 0 radical (unpaired) electrons. The summed E-state index contributed by atoms with van der Waals surface area (Å²) >= 11 is 0. The molecule has 0 aliphatic rings. The predicted octanol–water partition coefficient (Wildman–Crippen LogP) is 5.46. The molecule has 0 unspecified atom stereocenters. The van der Waals surface area contributed by atoms with Gasteiger partial charge in [-0.2, -0.15) is 16.4 Å². The molecule has 0 spiro atoms. The van der Waals surface area contributed by atoms with Crippen molar-refractivity contribution in [2.24, 2.45) is 0 Å². The van der Waals surface area contributed by atoms with Crippen molar-refractivity contribution in [3.63, 3.8) is 0 Å². The number of benzene rings is 1.